The minimum Gasteiger partial charge on any atom is -0.0885 e. The standard InChI is InChI=1S/C13H24/c1-2-3-10-13-11-8-6-4-5-7-9-12-13/h3,10,13H,2,4-9,11-12H2,1H3/b10-3+. The van der Waals surface area contributed by atoms with Gasteiger partial charge in [-0.05, 0) is 25.2 Å². The van der Waals surface area contributed by atoms with Crippen molar-refractivity contribution in [3.8, 4) is 0 Å². The molecule has 0 aromatic rings. The molecule has 0 heterocycles. The zero-order chi connectivity index (χ0) is 9.36. The maximum Gasteiger partial charge on any atom is -0.0234 e. The van der Waals surface area contributed by atoms with Gasteiger partial charge in [0.05, 0.1) is 0 Å². The molecular weight excluding hydrogens is 156 g/mol. The summed E-state index contributed by atoms with van der Waals surface area (Å²) in [5, 5.41) is 0. The predicted octanol–water partition coefficient (Wildman–Crippen LogP) is 4.70. The SMILES string of the molecule is CC/C=C/C1CCCCCCCC1. The molecule has 0 N–H and O–H groups in total. The van der Waals surface area contributed by atoms with E-state index in [1.807, 2.05) is 0 Å². The lowest BCUT2D eigenvalue weighted by molar-refractivity contribution is 0.509. The maximum absolute atomic E-state index is 2.46. The second kappa shape index (κ2) is 7.17. The Labute approximate surface area is 83.4 Å². The lowest BCUT2D eigenvalue weighted by atomic mass is 9.96. The first-order chi connectivity index (χ1) is 6.43. The van der Waals surface area contributed by atoms with Crippen LogP contribution in [-0.4, -0.2) is 0 Å². The lowest BCUT2D eigenvalue weighted by Gasteiger charge is -2.10. The first kappa shape index (κ1) is 10.8. The Bertz CT molecular complexity index is 125. The summed E-state index contributed by atoms with van der Waals surface area (Å²) in [4.78, 5) is 0. The maximum atomic E-state index is 2.46. The van der Waals surface area contributed by atoms with Crippen LogP contribution in [-0.2, 0) is 0 Å². The van der Waals surface area contributed by atoms with Crippen LogP contribution < -0.4 is 0 Å². The van der Waals surface area contributed by atoms with Gasteiger partial charge in [-0.15, -0.1) is 0 Å². The molecule has 1 fully saturated rings. The van der Waals surface area contributed by atoms with Gasteiger partial charge in [-0.25, -0.2) is 0 Å². The largest absolute Gasteiger partial charge is 0.0885 e. The third-order valence-electron chi connectivity index (χ3n) is 3.04. The smallest absolute Gasteiger partial charge is 0.0234 e. The Kier molecular flexibility index (Phi) is 5.97. The van der Waals surface area contributed by atoms with Gasteiger partial charge in [0.25, 0.3) is 0 Å². The summed E-state index contributed by atoms with van der Waals surface area (Å²) in [5.41, 5.74) is 0. The van der Waals surface area contributed by atoms with Crippen LogP contribution >= 0.6 is 0 Å². The van der Waals surface area contributed by atoms with Crippen molar-refractivity contribution in [3.05, 3.63) is 12.2 Å². The van der Waals surface area contributed by atoms with E-state index in [2.05, 4.69) is 19.1 Å². The van der Waals surface area contributed by atoms with Gasteiger partial charge in [0, 0.05) is 0 Å². The van der Waals surface area contributed by atoms with Gasteiger partial charge in [0.1, 0.15) is 0 Å². The second-order valence-corrected chi connectivity index (χ2v) is 4.30. The summed E-state index contributed by atoms with van der Waals surface area (Å²) in [6, 6.07) is 0. The van der Waals surface area contributed by atoms with Gasteiger partial charge in [-0.2, -0.15) is 0 Å². The molecule has 0 aromatic carbocycles. The van der Waals surface area contributed by atoms with Crippen molar-refractivity contribution in [2.45, 2.75) is 64.7 Å². The molecule has 0 bridgehead atoms. The van der Waals surface area contributed by atoms with Crippen LogP contribution in [0.5, 0.6) is 0 Å². The Morgan fingerprint density at radius 3 is 2.00 bits per heavy atom. The molecule has 0 nitrogen and oxygen atoms in total. The Hall–Kier alpha value is -0.260. The van der Waals surface area contributed by atoms with Gasteiger partial charge in [0.15, 0.2) is 0 Å². The van der Waals surface area contributed by atoms with Gasteiger partial charge in [-0.1, -0.05) is 57.6 Å². The quantitative estimate of drug-likeness (QED) is 0.540. The van der Waals surface area contributed by atoms with E-state index in [0.29, 0.717) is 0 Å². The van der Waals surface area contributed by atoms with Crippen LogP contribution in [0.25, 0.3) is 0 Å². The second-order valence-electron chi connectivity index (χ2n) is 4.30. The van der Waals surface area contributed by atoms with Crippen molar-refractivity contribution in [2.24, 2.45) is 5.92 Å². The normalized spacial score (nSPS) is 22.5. The highest BCUT2D eigenvalue weighted by Crippen LogP contribution is 2.22. The summed E-state index contributed by atoms with van der Waals surface area (Å²) in [6.07, 6.45) is 17.7. The molecule has 0 heteroatoms. The molecule has 1 saturated carbocycles. The van der Waals surface area contributed by atoms with Crippen molar-refractivity contribution in [1.29, 1.82) is 0 Å². The topological polar surface area (TPSA) is 0 Å². The average molecular weight is 180 g/mol. The van der Waals surface area contributed by atoms with Crippen molar-refractivity contribution < 1.29 is 0 Å². The lowest BCUT2D eigenvalue weighted by Crippen LogP contribution is -1.95. The number of hydrogen-bond donors (Lipinski definition) is 0. The monoisotopic (exact) mass is 180 g/mol. The zero-order valence-corrected chi connectivity index (χ0v) is 9.10. The van der Waals surface area contributed by atoms with Crippen LogP contribution in [0.2, 0.25) is 0 Å². The average Bonchev–Trinajstić information content (AvgIpc) is 2.28. The molecular formula is C13H24. The van der Waals surface area contributed by atoms with E-state index in [1.165, 1.54) is 57.8 Å². The molecule has 0 radical (unpaired) electrons. The van der Waals surface area contributed by atoms with Gasteiger partial charge in [-0.3, -0.25) is 0 Å². The highest BCUT2D eigenvalue weighted by Gasteiger charge is 2.06. The molecule has 0 atom stereocenters. The molecule has 76 valence electrons. The Morgan fingerprint density at radius 2 is 1.46 bits per heavy atom. The summed E-state index contributed by atoms with van der Waals surface area (Å²) in [5.74, 6) is 0.901. The van der Waals surface area contributed by atoms with Gasteiger partial charge < -0.3 is 0 Å². The van der Waals surface area contributed by atoms with Crippen molar-refractivity contribution in [1.82, 2.24) is 0 Å². The molecule has 0 aliphatic heterocycles. The first-order valence-electron chi connectivity index (χ1n) is 6.10. The molecule has 0 unspecified atom stereocenters. The van der Waals surface area contributed by atoms with Crippen LogP contribution in [0.3, 0.4) is 0 Å². The van der Waals surface area contributed by atoms with E-state index in [1.54, 1.807) is 0 Å². The van der Waals surface area contributed by atoms with Gasteiger partial charge >= 0.3 is 0 Å². The van der Waals surface area contributed by atoms with Crippen LogP contribution in [0.4, 0.5) is 0 Å². The third-order valence-corrected chi connectivity index (χ3v) is 3.04. The molecule has 0 spiro atoms. The highest BCUT2D eigenvalue weighted by molar-refractivity contribution is 4.87. The number of hydrogen-bond acceptors (Lipinski definition) is 0. The third kappa shape index (κ3) is 5.13. The molecule has 0 saturated heterocycles. The minimum absolute atomic E-state index is 0.901. The van der Waals surface area contributed by atoms with Crippen LogP contribution in [0.1, 0.15) is 64.7 Å². The molecule has 0 aromatic heterocycles. The highest BCUT2D eigenvalue weighted by atomic mass is 14.1. The summed E-state index contributed by atoms with van der Waals surface area (Å²) in [7, 11) is 0. The predicted molar refractivity (Wildman–Crippen MR) is 59.9 cm³/mol. The van der Waals surface area contributed by atoms with E-state index < -0.39 is 0 Å². The van der Waals surface area contributed by atoms with E-state index in [9.17, 15) is 0 Å². The van der Waals surface area contributed by atoms with Crippen molar-refractivity contribution in [2.75, 3.05) is 0 Å². The van der Waals surface area contributed by atoms with Crippen molar-refractivity contribution in [3.63, 3.8) is 0 Å². The molecule has 1 rings (SSSR count). The van der Waals surface area contributed by atoms with E-state index >= 15 is 0 Å². The number of allylic oxidation sites excluding steroid dienone is 2. The summed E-state index contributed by atoms with van der Waals surface area (Å²) in [6.45, 7) is 2.23. The van der Waals surface area contributed by atoms with Crippen LogP contribution in [0.15, 0.2) is 12.2 Å². The first-order valence-corrected chi connectivity index (χ1v) is 6.10. The van der Waals surface area contributed by atoms with Crippen LogP contribution in [0, 0.1) is 5.92 Å². The fourth-order valence-electron chi connectivity index (χ4n) is 2.19. The zero-order valence-electron chi connectivity index (χ0n) is 9.10. The summed E-state index contributed by atoms with van der Waals surface area (Å²) < 4.78 is 0. The minimum atomic E-state index is 0.901. The van der Waals surface area contributed by atoms with E-state index in [0.717, 1.165) is 5.92 Å². The molecule has 1 aliphatic carbocycles. The van der Waals surface area contributed by atoms with E-state index in [-0.39, 0.29) is 0 Å². The number of rotatable bonds is 2. The fraction of sp³-hybridized carbons (Fsp3) is 0.846. The van der Waals surface area contributed by atoms with E-state index in [4.69, 9.17) is 0 Å². The molecule has 13 heavy (non-hydrogen) atoms. The Morgan fingerprint density at radius 1 is 0.923 bits per heavy atom. The molecule has 1 aliphatic rings. The van der Waals surface area contributed by atoms with Gasteiger partial charge in [0.2, 0.25) is 0 Å². The molecule has 0 amide bonds. The fourth-order valence-corrected chi connectivity index (χ4v) is 2.19. The summed E-state index contributed by atoms with van der Waals surface area (Å²) >= 11 is 0. The van der Waals surface area contributed by atoms with Crippen molar-refractivity contribution >= 4 is 0 Å². The Balaban J connectivity index is 2.27.